The van der Waals surface area contributed by atoms with E-state index < -0.39 is 6.10 Å². The second-order valence-electron chi connectivity index (χ2n) is 3.67. The fourth-order valence-electron chi connectivity index (χ4n) is 1.60. The van der Waals surface area contributed by atoms with Gasteiger partial charge in [0.05, 0.1) is 13.2 Å². The number of hydrogen-bond acceptors (Lipinski definition) is 2. The van der Waals surface area contributed by atoms with Crippen molar-refractivity contribution in [1.82, 2.24) is 0 Å². The van der Waals surface area contributed by atoms with Crippen molar-refractivity contribution < 1.29 is 9.84 Å². The van der Waals surface area contributed by atoms with E-state index in [-0.39, 0.29) is 0 Å². The highest BCUT2D eigenvalue weighted by Gasteiger charge is 2.32. The SMILES string of the molecule is COc1ccc(Cl)cc1C(O)C1CC1. The molecule has 0 aromatic heterocycles. The number of halogens is 1. The molecule has 1 fully saturated rings. The maximum atomic E-state index is 9.96. The Morgan fingerprint density at radius 3 is 2.79 bits per heavy atom. The lowest BCUT2D eigenvalue weighted by Gasteiger charge is -2.14. The Balaban J connectivity index is 2.32. The average Bonchev–Trinajstić information content (AvgIpc) is 3.00. The quantitative estimate of drug-likeness (QED) is 0.835. The molecule has 1 saturated carbocycles. The maximum absolute atomic E-state index is 9.96. The predicted octanol–water partition coefficient (Wildman–Crippen LogP) is 2.79. The van der Waals surface area contributed by atoms with Gasteiger partial charge in [0.15, 0.2) is 0 Å². The van der Waals surface area contributed by atoms with Gasteiger partial charge < -0.3 is 9.84 Å². The van der Waals surface area contributed by atoms with Crippen LogP contribution in [0.4, 0.5) is 0 Å². The van der Waals surface area contributed by atoms with Crippen LogP contribution in [0.5, 0.6) is 5.75 Å². The minimum absolute atomic E-state index is 0.391. The van der Waals surface area contributed by atoms with E-state index in [9.17, 15) is 5.11 Å². The van der Waals surface area contributed by atoms with Crippen molar-refractivity contribution in [3.8, 4) is 5.75 Å². The number of hydrogen-bond donors (Lipinski definition) is 1. The third-order valence-corrected chi connectivity index (χ3v) is 2.81. The second kappa shape index (κ2) is 3.79. The van der Waals surface area contributed by atoms with E-state index in [4.69, 9.17) is 16.3 Å². The van der Waals surface area contributed by atoms with Crippen LogP contribution in [-0.4, -0.2) is 12.2 Å². The van der Waals surface area contributed by atoms with Gasteiger partial charge in [-0.3, -0.25) is 0 Å². The summed E-state index contributed by atoms with van der Waals surface area (Å²) in [5, 5.41) is 10.6. The zero-order valence-corrected chi connectivity index (χ0v) is 8.79. The highest BCUT2D eigenvalue weighted by Crippen LogP contribution is 2.43. The highest BCUT2D eigenvalue weighted by atomic mass is 35.5. The molecule has 1 aromatic carbocycles. The van der Waals surface area contributed by atoms with Crippen molar-refractivity contribution >= 4 is 11.6 Å². The Kier molecular flexibility index (Phi) is 2.66. The summed E-state index contributed by atoms with van der Waals surface area (Å²) >= 11 is 5.88. The molecule has 1 aromatic rings. The minimum atomic E-state index is -0.427. The number of aliphatic hydroxyl groups is 1. The molecule has 3 heteroatoms. The monoisotopic (exact) mass is 212 g/mol. The van der Waals surface area contributed by atoms with Gasteiger partial charge in [-0.2, -0.15) is 0 Å². The largest absolute Gasteiger partial charge is 0.496 e. The second-order valence-corrected chi connectivity index (χ2v) is 4.10. The molecule has 1 unspecified atom stereocenters. The lowest BCUT2D eigenvalue weighted by Crippen LogP contribution is -2.02. The van der Waals surface area contributed by atoms with Gasteiger partial charge in [0, 0.05) is 10.6 Å². The van der Waals surface area contributed by atoms with E-state index >= 15 is 0 Å². The Labute approximate surface area is 88.5 Å². The van der Waals surface area contributed by atoms with Crippen LogP contribution < -0.4 is 4.74 Å². The van der Waals surface area contributed by atoms with Gasteiger partial charge in [-0.05, 0) is 37.0 Å². The number of benzene rings is 1. The summed E-state index contributed by atoms with van der Waals surface area (Å²) in [6.07, 6.45) is 1.76. The molecule has 14 heavy (non-hydrogen) atoms. The van der Waals surface area contributed by atoms with Crippen molar-refractivity contribution in [3.05, 3.63) is 28.8 Å². The molecule has 0 amide bonds. The molecule has 0 saturated heterocycles. The van der Waals surface area contributed by atoms with Crippen LogP contribution in [0.3, 0.4) is 0 Å². The number of rotatable bonds is 3. The molecule has 2 nitrogen and oxygen atoms in total. The molecule has 1 N–H and O–H groups in total. The molecule has 1 aliphatic rings. The van der Waals surface area contributed by atoms with Gasteiger partial charge >= 0.3 is 0 Å². The third-order valence-electron chi connectivity index (χ3n) is 2.58. The summed E-state index contributed by atoms with van der Waals surface area (Å²) in [4.78, 5) is 0. The molecule has 2 rings (SSSR count). The fraction of sp³-hybridized carbons (Fsp3) is 0.455. The first kappa shape index (κ1) is 9.81. The molecular formula is C11H13ClO2. The van der Waals surface area contributed by atoms with Gasteiger partial charge in [-0.15, -0.1) is 0 Å². The summed E-state index contributed by atoms with van der Waals surface area (Å²) < 4.78 is 5.18. The van der Waals surface area contributed by atoms with E-state index in [0.717, 1.165) is 18.4 Å². The molecule has 0 bridgehead atoms. The third kappa shape index (κ3) is 1.86. The van der Waals surface area contributed by atoms with Crippen LogP contribution in [-0.2, 0) is 0 Å². The summed E-state index contributed by atoms with van der Waals surface area (Å²) in [6.45, 7) is 0. The van der Waals surface area contributed by atoms with Gasteiger partial charge in [-0.25, -0.2) is 0 Å². The summed E-state index contributed by atoms with van der Waals surface area (Å²) in [7, 11) is 1.60. The smallest absolute Gasteiger partial charge is 0.124 e. The normalized spacial score (nSPS) is 17.9. The van der Waals surface area contributed by atoms with Crippen LogP contribution in [0.1, 0.15) is 24.5 Å². The molecule has 0 heterocycles. The number of aliphatic hydroxyl groups excluding tert-OH is 1. The van der Waals surface area contributed by atoms with Crippen LogP contribution in [0.25, 0.3) is 0 Å². The van der Waals surface area contributed by atoms with Gasteiger partial charge in [0.25, 0.3) is 0 Å². The summed E-state index contributed by atoms with van der Waals surface area (Å²) in [6, 6.07) is 5.34. The maximum Gasteiger partial charge on any atom is 0.124 e. The van der Waals surface area contributed by atoms with Gasteiger partial charge in [0.1, 0.15) is 5.75 Å². The predicted molar refractivity (Wildman–Crippen MR) is 55.7 cm³/mol. The first-order chi connectivity index (χ1) is 6.72. The van der Waals surface area contributed by atoms with Crippen LogP contribution >= 0.6 is 11.6 Å². The van der Waals surface area contributed by atoms with Crippen molar-refractivity contribution in [1.29, 1.82) is 0 Å². The van der Waals surface area contributed by atoms with E-state index in [2.05, 4.69) is 0 Å². The molecule has 1 atom stereocenters. The first-order valence-corrected chi connectivity index (χ1v) is 5.11. The summed E-state index contributed by atoms with van der Waals surface area (Å²) in [5.74, 6) is 1.11. The minimum Gasteiger partial charge on any atom is -0.496 e. The Morgan fingerprint density at radius 1 is 1.50 bits per heavy atom. The number of ether oxygens (including phenoxy) is 1. The Morgan fingerprint density at radius 2 is 2.21 bits per heavy atom. The average molecular weight is 213 g/mol. The van der Waals surface area contributed by atoms with Crippen LogP contribution in [0.2, 0.25) is 5.02 Å². The summed E-state index contributed by atoms with van der Waals surface area (Å²) in [5.41, 5.74) is 0.808. The van der Waals surface area contributed by atoms with E-state index in [1.54, 1.807) is 25.3 Å². The van der Waals surface area contributed by atoms with Gasteiger partial charge in [0.2, 0.25) is 0 Å². The van der Waals surface area contributed by atoms with E-state index in [1.807, 2.05) is 0 Å². The van der Waals surface area contributed by atoms with Crippen LogP contribution in [0.15, 0.2) is 18.2 Å². The highest BCUT2D eigenvalue weighted by molar-refractivity contribution is 6.30. The molecule has 1 aliphatic carbocycles. The van der Waals surface area contributed by atoms with Crippen molar-refractivity contribution in [2.24, 2.45) is 5.92 Å². The van der Waals surface area contributed by atoms with E-state index in [0.29, 0.717) is 16.7 Å². The number of methoxy groups -OCH3 is 1. The van der Waals surface area contributed by atoms with E-state index in [1.165, 1.54) is 0 Å². The van der Waals surface area contributed by atoms with Gasteiger partial charge in [-0.1, -0.05) is 11.6 Å². The zero-order chi connectivity index (χ0) is 10.1. The Bertz CT molecular complexity index is 334. The van der Waals surface area contributed by atoms with Crippen molar-refractivity contribution in [2.75, 3.05) is 7.11 Å². The molecule has 0 radical (unpaired) electrons. The Hall–Kier alpha value is -0.730. The van der Waals surface area contributed by atoms with Crippen molar-refractivity contribution in [3.63, 3.8) is 0 Å². The first-order valence-electron chi connectivity index (χ1n) is 4.74. The standard InChI is InChI=1S/C11H13ClO2/c1-14-10-5-4-8(12)6-9(10)11(13)7-2-3-7/h4-7,11,13H,2-3H2,1H3. The topological polar surface area (TPSA) is 29.5 Å². The lowest BCUT2D eigenvalue weighted by molar-refractivity contribution is 0.150. The van der Waals surface area contributed by atoms with Crippen LogP contribution in [0, 0.1) is 5.92 Å². The molecular weight excluding hydrogens is 200 g/mol. The fourth-order valence-corrected chi connectivity index (χ4v) is 1.78. The lowest BCUT2D eigenvalue weighted by atomic mass is 10.0. The molecule has 0 spiro atoms. The molecule has 76 valence electrons. The molecule has 0 aliphatic heterocycles. The van der Waals surface area contributed by atoms with Crippen molar-refractivity contribution in [2.45, 2.75) is 18.9 Å². The zero-order valence-electron chi connectivity index (χ0n) is 8.03.